The maximum Gasteiger partial charge on any atom is 0.236 e. The Balaban J connectivity index is 1.67. The Bertz CT molecular complexity index is 281. The predicted octanol–water partition coefficient (Wildman–Crippen LogP) is 1.32. The van der Waals surface area contributed by atoms with E-state index in [1.54, 1.807) is 0 Å². The van der Waals surface area contributed by atoms with E-state index in [4.69, 9.17) is 0 Å². The van der Waals surface area contributed by atoms with Crippen LogP contribution in [-0.2, 0) is 4.79 Å². The summed E-state index contributed by atoms with van der Waals surface area (Å²) in [4.78, 5) is 16.4. The van der Waals surface area contributed by atoms with Crippen molar-refractivity contribution in [1.29, 1.82) is 0 Å². The van der Waals surface area contributed by atoms with E-state index in [2.05, 4.69) is 24.2 Å². The summed E-state index contributed by atoms with van der Waals surface area (Å²) in [6.07, 6.45) is 6.78. The van der Waals surface area contributed by atoms with Crippen LogP contribution in [-0.4, -0.2) is 61.5 Å². The average Bonchev–Trinajstić information content (AvgIpc) is 2.46. The molecule has 1 heterocycles. The van der Waals surface area contributed by atoms with Crippen molar-refractivity contribution in [2.75, 3.05) is 39.8 Å². The number of nitrogens with zero attached hydrogens (tertiary/aromatic N) is 2. The van der Waals surface area contributed by atoms with Crippen molar-refractivity contribution < 1.29 is 4.79 Å². The number of piperazine rings is 1. The molecule has 1 amide bonds. The van der Waals surface area contributed by atoms with E-state index in [0.29, 0.717) is 12.6 Å². The topological polar surface area (TPSA) is 35.6 Å². The van der Waals surface area contributed by atoms with Crippen molar-refractivity contribution in [2.24, 2.45) is 5.92 Å². The van der Waals surface area contributed by atoms with Gasteiger partial charge >= 0.3 is 0 Å². The molecular weight excluding hydrogens is 238 g/mol. The Kier molecular flexibility index (Phi) is 5.64. The van der Waals surface area contributed by atoms with Crippen molar-refractivity contribution in [3.63, 3.8) is 0 Å². The average molecular weight is 267 g/mol. The van der Waals surface area contributed by atoms with Gasteiger partial charge in [-0.1, -0.05) is 19.3 Å². The Morgan fingerprint density at radius 3 is 2.42 bits per heavy atom. The van der Waals surface area contributed by atoms with Crippen molar-refractivity contribution >= 4 is 5.91 Å². The van der Waals surface area contributed by atoms with E-state index in [1.807, 2.05) is 4.90 Å². The number of nitrogens with one attached hydrogen (secondary N) is 1. The molecule has 0 aromatic heterocycles. The number of amides is 1. The predicted molar refractivity (Wildman–Crippen MR) is 78.1 cm³/mol. The van der Waals surface area contributed by atoms with Crippen molar-refractivity contribution in [2.45, 2.75) is 45.1 Å². The summed E-state index contributed by atoms with van der Waals surface area (Å²) in [6.45, 7) is 6.53. The lowest BCUT2D eigenvalue weighted by Crippen LogP contribution is -2.50. The van der Waals surface area contributed by atoms with Crippen LogP contribution in [0.2, 0.25) is 0 Å². The fourth-order valence-corrected chi connectivity index (χ4v) is 3.22. The summed E-state index contributed by atoms with van der Waals surface area (Å²) in [5, 5.41) is 3.46. The van der Waals surface area contributed by atoms with E-state index in [1.165, 1.54) is 32.1 Å². The highest BCUT2D eigenvalue weighted by molar-refractivity contribution is 5.78. The molecular formula is C15H29N3O. The molecule has 2 rings (SSSR count). The van der Waals surface area contributed by atoms with Crippen LogP contribution in [0.4, 0.5) is 0 Å². The highest BCUT2D eigenvalue weighted by atomic mass is 16.2. The first-order valence-electron chi connectivity index (χ1n) is 7.86. The van der Waals surface area contributed by atoms with Crippen molar-refractivity contribution in [3.8, 4) is 0 Å². The number of hydrogen-bond donors (Lipinski definition) is 1. The van der Waals surface area contributed by atoms with Crippen LogP contribution in [0.3, 0.4) is 0 Å². The molecule has 4 heteroatoms. The first kappa shape index (κ1) is 14.8. The van der Waals surface area contributed by atoms with Crippen LogP contribution in [0.5, 0.6) is 0 Å². The van der Waals surface area contributed by atoms with E-state index >= 15 is 0 Å². The van der Waals surface area contributed by atoms with E-state index < -0.39 is 0 Å². The summed E-state index contributed by atoms with van der Waals surface area (Å²) in [7, 11) is 2.12. The van der Waals surface area contributed by atoms with Gasteiger partial charge < -0.3 is 15.1 Å². The molecule has 1 saturated carbocycles. The maximum absolute atomic E-state index is 12.1. The molecule has 1 N–H and O–H groups in total. The van der Waals surface area contributed by atoms with Crippen LogP contribution in [0, 0.1) is 5.92 Å². The third kappa shape index (κ3) is 4.46. The molecule has 4 nitrogen and oxygen atoms in total. The van der Waals surface area contributed by atoms with Gasteiger partial charge in [0.05, 0.1) is 6.54 Å². The van der Waals surface area contributed by atoms with Gasteiger partial charge in [0.2, 0.25) is 5.91 Å². The van der Waals surface area contributed by atoms with Gasteiger partial charge in [0.15, 0.2) is 0 Å². The van der Waals surface area contributed by atoms with Crippen LogP contribution in [0.15, 0.2) is 0 Å². The quantitative estimate of drug-likeness (QED) is 0.834. The molecule has 1 aliphatic carbocycles. The molecule has 0 spiro atoms. The minimum atomic E-state index is 0.274. The smallest absolute Gasteiger partial charge is 0.236 e. The summed E-state index contributed by atoms with van der Waals surface area (Å²) in [5.41, 5.74) is 0. The second-order valence-electron chi connectivity index (χ2n) is 6.25. The van der Waals surface area contributed by atoms with Gasteiger partial charge in [-0.05, 0) is 32.7 Å². The SMILES string of the molecule is CC(NCC(=O)N1CCN(C)CC1)C1CCCCC1. The first-order chi connectivity index (χ1) is 9.16. The third-order valence-corrected chi connectivity index (χ3v) is 4.79. The lowest BCUT2D eigenvalue weighted by Gasteiger charge is -2.33. The van der Waals surface area contributed by atoms with Gasteiger partial charge in [-0.2, -0.15) is 0 Å². The third-order valence-electron chi connectivity index (χ3n) is 4.79. The molecule has 1 aliphatic heterocycles. The van der Waals surface area contributed by atoms with Crippen LogP contribution in [0.25, 0.3) is 0 Å². The fraction of sp³-hybridized carbons (Fsp3) is 0.933. The van der Waals surface area contributed by atoms with E-state index in [9.17, 15) is 4.79 Å². The van der Waals surface area contributed by atoms with Crippen molar-refractivity contribution in [3.05, 3.63) is 0 Å². The van der Waals surface area contributed by atoms with Crippen LogP contribution < -0.4 is 5.32 Å². The number of hydrogen-bond acceptors (Lipinski definition) is 3. The van der Waals surface area contributed by atoms with Crippen molar-refractivity contribution in [1.82, 2.24) is 15.1 Å². The Morgan fingerprint density at radius 1 is 1.16 bits per heavy atom. The number of carbonyl (C=O) groups excluding carboxylic acids is 1. The molecule has 1 unspecified atom stereocenters. The largest absolute Gasteiger partial charge is 0.339 e. The zero-order valence-electron chi connectivity index (χ0n) is 12.5. The zero-order chi connectivity index (χ0) is 13.7. The van der Waals surface area contributed by atoms with Crippen LogP contribution >= 0.6 is 0 Å². The molecule has 2 aliphatic rings. The second-order valence-corrected chi connectivity index (χ2v) is 6.25. The Morgan fingerprint density at radius 2 is 1.79 bits per heavy atom. The molecule has 1 atom stereocenters. The Labute approximate surface area is 117 Å². The summed E-state index contributed by atoms with van der Waals surface area (Å²) < 4.78 is 0. The van der Waals surface area contributed by atoms with Gasteiger partial charge in [0.1, 0.15) is 0 Å². The lowest BCUT2D eigenvalue weighted by atomic mass is 9.84. The van der Waals surface area contributed by atoms with Gasteiger partial charge in [0, 0.05) is 32.2 Å². The molecule has 0 aromatic carbocycles. The Hall–Kier alpha value is -0.610. The van der Waals surface area contributed by atoms with E-state index in [-0.39, 0.29) is 5.91 Å². The van der Waals surface area contributed by atoms with Gasteiger partial charge in [-0.15, -0.1) is 0 Å². The lowest BCUT2D eigenvalue weighted by molar-refractivity contribution is -0.132. The summed E-state index contributed by atoms with van der Waals surface area (Å²) in [6, 6.07) is 0.483. The minimum absolute atomic E-state index is 0.274. The normalized spacial score (nSPS) is 24.4. The first-order valence-corrected chi connectivity index (χ1v) is 7.86. The standard InChI is InChI=1S/C15H29N3O/c1-13(14-6-4-3-5-7-14)16-12-15(19)18-10-8-17(2)9-11-18/h13-14,16H,3-12H2,1-2H3. The fourth-order valence-electron chi connectivity index (χ4n) is 3.22. The highest BCUT2D eigenvalue weighted by Gasteiger charge is 2.22. The van der Waals surface area contributed by atoms with E-state index in [0.717, 1.165) is 32.1 Å². The summed E-state index contributed by atoms with van der Waals surface area (Å²) >= 11 is 0. The maximum atomic E-state index is 12.1. The van der Waals surface area contributed by atoms with Gasteiger partial charge in [0.25, 0.3) is 0 Å². The second kappa shape index (κ2) is 7.25. The molecule has 2 fully saturated rings. The molecule has 19 heavy (non-hydrogen) atoms. The zero-order valence-corrected chi connectivity index (χ0v) is 12.5. The molecule has 1 saturated heterocycles. The molecule has 0 bridgehead atoms. The van der Waals surface area contributed by atoms with Gasteiger partial charge in [-0.25, -0.2) is 0 Å². The molecule has 0 aromatic rings. The summed E-state index contributed by atoms with van der Waals surface area (Å²) in [5.74, 6) is 1.05. The number of rotatable bonds is 4. The number of carbonyl (C=O) groups is 1. The monoisotopic (exact) mass is 267 g/mol. The molecule has 110 valence electrons. The van der Waals surface area contributed by atoms with Gasteiger partial charge in [-0.3, -0.25) is 4.79 Å². The number of likely N-dealkylation sites (N-methyl/N-ethyl adjacent to an activating group) is 1. The highest BCUT2D eigenvalue weighted by Crippen LogP contribution is 2.26. The molecule has 0 radical (unpaired) electrons. The minimum Gasteiger partial charge on any atom is -0.339 e. The van der Waals surface area contributed by atoms with Crippen LogP contribution in [0.1, 0.15) is 39.0 Å².